The Hall–Kier alpha value is -3.93. The summed E-state index contributed by atoms with van der Waals surface area (Å²) in [6, 6.07) is 12.5. The Balaban J connectivity index is 1.86. The van der Waals surface area contributed by atoms with Gasteiger partial charge >= 0.3 is 12.1 Å². The number of alkyl halides is 3. The third-order valence-corrected chi connectivity index (χ3v) is 6.56. The van der Waals surface area contributed by atoms with Gasteiger partial charge in [0.25, 0.3) is 10.0 Å². The largest absolute Gasteiger partial charge is 0.493 e. The van der Waals surface area contributed by atoms with Crippen molar-refractivity contribution in [3.8, 4) is 11.5 Å². The van der Waals surface area contributed by atoms with Crippen LogP contribution in [-0.4, -0.2) is 40.3 Å². The van der Waals surface area contributed by atoms with Gasteiger partial charge in [0.2, 0.25) is 0 Å². The second-order valence-electron chi connectivity index (χ2n) is 7.57. The van der Waals surface area contributed by atoms with E-state index >= 15 is 0 Å². The van der Waals surface area contributed by atoms with Gasteiger partial charge in [0, 0.05) is 12.2 Å². The van der Waals surface area contributed by atoms with Crippen molar-refractivity contribution >= 4 is 27.4 Å². The molecule has 0 bridgehead atoms. The van der Waals surface area contributed by atoms with Crippen LogP contribution in [0.1, 0.15) is 21.5 Å². The Labute approximate surface area is 205 Å². The first-order valence-electron chi connectivity index (χ1n) is 10.5. The van der Waals surface area contributed by atoms with Gasteiger partial charge in [-0.1, -0.05) is 12.1 Å². The fraction of sp³-hybridized carbons (Fsp3) is 0.208. The predicted octanol–water partition coefficient (Wildman–Crippen LogP) is 4.88. The van der Waals surface area contributed by atoms with Crippen LogP contribution in [0.5, 0.6) is 11.5 Å². The van der Waals surface area contributed by atoms with Crippen LogP contribution in [-0.2, 0) is 22.6 Å². The maximum atomic E-state index is 13.1. The Kier molecular flexibility index (Phi) is 7.98. The van der Waals surface area contributed by atoms with E-state index in [1.54, 1.807) is 12.1 Å². The fourth-order valence-corrected chi connectivity index (χ4v) is 4.63. The predicted molar refractivity (Wildman–Crippen MR) is 127 cm³/mol. The molecule has 0 spiro atoms. The van der Waals surface area contributed by atoms with Crippen LogP contribution < -0.4 is 19.5 Å². The number of sulfonamides is 1. The summed E-state index contributed by atoms with van der Waals surface area (Å²) in [5.74, 6) is -0.288. The van der Waals surface area contributed by atoms with Gasteiger partial charge in [-0.3, -0.25) is 4.72 Å². The molecule has 0 amide bonds. The minimum absolute atomic E-state index is 0.0833. The number of aromatic carboxylic acids is 1. The van der Waals surface area contributed by atoms with Crippen LogP contribution in [0.4, 0.5) is 24.5 Å². The van der Waals surface area contributed by atoms with E-state index in [0.717, 1.165) is 29.8 Å². The van der Waals surface area contributed by atoms with Crippen LogP contribution in [0.3, 0.4) is 0 Å². The van der Waals surface area contributed by atoms with E-state index in [4.69, 9.17) is 9.47 Å². The second kappa shape index (κ2) is 10.8. The number of anilines is 2. The van der Waals surface area contributed by atoms with Crippen LogP contribution in [0, 0.1) is 0 Å². The van der Waals surface area contributed by atoms with E-state index < -0.39 is 32.6 Å². The molecule has 0 saturated carbocycles. The molecule has 0 heterocycles. The molecule has 3 aromatic carbocycles. The molecular weight excluding hydrogens is 501 g/mol. The molecule has 0 aliphatic rings. The maximum Gasteiger partial charge on any atom is 0.416 e. The average molecular weight is 525 g/mol. The molecule has 0 aliphatic carbocycles. The van der Waals surface area contributed by atoms with E-state index in [1.807, 2.05) is 6.07 Å². The lowest BCUT2D eigenvalue weighted by atomic mass is 10.1. The Morgan fingerprint density at radius 3 is 2.33 bits per heavy atom. The summed E-state index contributed by atoms with van der Waals surface area (Å²) in [7, 11) is -1.45. The van der Waals surface area contributed by atoms with E-state index in [1.165, 1.54) is 26.4 Å². The molecule has 192 valence electrons. The smallest absolute Gasteiger partial charge is 0.416 e. The van der Waals surface area contributed by atoms with E-state index in [-0.39, 0.29) is 23.5 Å². The first kappa shape index (κ1) is 26.7. The molecule has 3 rings (SSSR count). The number of methoxy groups -OCH3 is 2. The number of rotatable bonds is 10. The number of carbonyl (C=O) groups is 1. The molecule has 0 fully saturated rings. The van der Waals surface area contributed by atoms with Gasteiger partial charge in [-0.05, 0) is 60.5 Å². The van der Waals surface area contributed by atoms with Crippen LogP contribution >= 0.6 is 0 Å². The van der Waals surface area contributed by atoms with Crippen LogP contribution in [0.2, 0.25) is 0 Å². The van der Waals surface area contributed by atoms with Gasteiger partial charge in [0.15, 0.2) is 11.5 Å². The molecular formula is C24H23F3N2O6S. The first-order valence-corrected chi connectivity index (χ1v) is 11.9. The molecule has 36 heavy (non-hydrogen) atoms. The number of halogens is 3. The van der Waals surface area contributed by atoms with Crippen molar-refractivity contribution in [2.45, 2.75) is 17.5 Å². The zero-order valence-electron chi connectivity index (χ0n) is 19.2. The summed E-state index contributed by atoms with van der Waals surface area (Å²) < 4.78 is 77.8. The standard InChI is InChI=1S/C24H23F3N2O6S/c1-34-20-9-6-15(12-21(20)35-2)10-11-28-19-8-7-16(23(30)31)13-22(19)36(32,33)29-18-5-3-4-17(14-18)24(25,26)27/h3-9,12-14,28-29H,10-11H2,1-2H3,(H,30,31). The Bertz CT molecular complexity index is 1360. The van der Waals surface area contributed by atoms with Crippen molar-refractivity contribution in [1.82, 2.24) is 0 Å². The van der Waals surface area contributed by atoms with E-state index in [9.17, 15) is 31.5 Å². The highest BCUT2D eigenvalue weighted by Gasteiger charge is 2.31. The highest BCUT2D eigenvalue weighted by atomic mass is 32.2. The zero-order valence-corrected chi connectivity index (χ0v) is 20.0. The number of hydrogen-bond donors (Lipinski definition) is 3. The lowest BCUT2D eigenvalue weighted by molar-refractivity contribution is -0.137. The quantitative estimate of drug-likeness (QED) is 0.347. The lowest BCUT2D eigenvalue weighted by Gasteiger charge is -2.16. The van der Waals surface area contributed by atoms with Crippen molar-refractivity contribution in [3.05, 3.63) is 77.4 Å². The number of nitrogens with one attached hydrogen (secondary N) is 2. The summed E-state index contributed by atoms with van der Waals surface area (Å²) in [6.45, 7) is 0.258. The number of carboxylic acid groups (broad SMARTS) is 1. The second-order valence-corrected chi connectivity index (χ2v) is 9.22. The molecule has 3 aromatic rings. The molecule has 8 nitrogen and oxygen atoms in total. The van der Waals surface area contributed by atoms with Crippen LogP contribution in [0.15, 0.2) is 65.6 Å². The van der Waals surface area contributed by atoms with Crippen molar-refractivity contribution < 1.29 is 41.0 Å². The maximum absolute atomic E-state index is 13.1. The number of benzene rings is 3. The molecule has 0 atom stereocenters. The SMILES string of the molecule is COc1ccc(CCNc2ccc(C(=O)O)cc2S(=O)(=O)Nc2cccc(C(F)(F)F)c2)cc1OC. The van der Waals surface area contributed by atoms with Gasteiger partial charge in [-0.25, -0.2) is 13.2 Å². The summed E-state index contributed by atoms with van der Waals surface area (Å²) in [4.78, 5) is 11.0. The minimum atomic E-state index is -4.67. The topological polar surface area (TPSA) is 114 Å². The molecule has 0 unspecified atom stereocenters. The normalized spacial score (nSPS) is 11.6. The monoisotopic (exact) mass is 524 g/mol. The molecule has 12 heteroatoms. The summed E-state index contributed by atoms with van der Waals surface area (Å²) in [5, 5.41) is 12.3. The molecule has 0 aromatic heterocycles. The highest BCUT2D eigenvalue weighted by molar-refractivity contribution is 7.92. The molecule has 0 radical (unpaired) electrons. The average Bonchev–Trinajstić information content (AvgIpc) is 2.83. The highest BCUT2D eigenvalue weighted by Crippen LogP contribution is 2.32. The van der Waals surface area contributed by atoms with Gasteiger partial charge in [0.1, 0.15) is 4.90 Å². The fourth-order valence-electron chi connectivity index (χ4n) is 3.37. The van der Waals surface area contributed by atoms with Gasteiger partial charge in [-0.15, -0.1) is 0 Å². The summed E-state index contributed by atoms with van der Waals surface area (Å²) >= 11 is 0. The van der Waals surface area contributed by atoms with E-state index in [0.29, 0.717) is 24.0 Å². The summed E-state index contributed by atoms with van der Waals surface area (Å²) in [5.41, 5.74) is -0.712. The molecule has 3 N–H and O–H groups in total. The van der Waals surface area contributed by atoms with Gasteiger partial charge < -0.3 is 19.9 Å². The zero-order chi connectivity index (χ0) is 26.5. The van der Waals surface area contributed by atoms with Crippen molar-refractivity contribution in [2.75, 3.05) is 30.8 Å². The van der Waals surface area contributed by atoms with Crippen molar-refractivity contribution in [2.24, 2.45) is 0 Å². The third-order valence-electron chi connectivity index (χ3n) is 5.14. The van der Waals surface area contributed by atoms with Crippen LogP contribution in [0.25, 0.3) is 0 Å². The lowest BCUT2D eigenvalue weighted by Crippen LogP contribution is -2.18. The third kappa shape index (κ3) is 6.39. The van der Waals surface area contributed by atoms with Crippen molar-refractivity contribution in [1.29, 1.82) is 0 Å². The Morgan fingerprint density at radius 2 is 1.69 bits per heavy atom. The summed E-state index contributed by atoms with van der Waals surface area (Å²) in [6.07, 6.45) is -4.22. The number of carboxylic acids is 1. The minimum Gasteiger partial charge on any atom is -0.493 e. The number of hydrogen-bond acceptors (Lipinski definition) is 6. The van der Waals surface area contributed by atoms with Gasteiger partial charge in [-0.2, -0.15) is 13.2 Å². The Morgan fingerprint density at radius 1 is 0.972 bits per heavy atom. The van der Waals surface area contributed by atoms with Gasteiger partial charge in [0.05, 0.1) is 31.0 Å². The molecule has 0 aliphatic heterocycles. The van der Waals surface area contributed by atoms with E-state index in [2.05, 4.69) is 10.0 Å². The number of ether oxygens (including phenoxy) is 2. The first-order chi connectivity index (χ1) is 16.9. The molecule has 0 saturated heterocycles. The van der Waals surface area contributed by atoms with Crippen molar-refractivity contribution in [3.63, 3.8) is 0 Å².